The summed E-state index contributed by atoms with van der Waals surface area (Å²) in [5.74, 6) is -0.0403. The molecule has 1 aromatic carbocycles. The molecule has 3 fully saturated rings. The molecule has 1 N–H and O–H groups in total. The monoisotopic (exact) mass is 634 g/mol. The second-order valence-corrected chi connectivity index (χ2v) is 14.3. The summed E-state index contributed by atoms with van der Waals surface area (Å²) in [6, 6.07) is 5.02. The highest BCUT2D eigenvalue weighted by Gasteiger charge is 2.47. The molecule has 6 rings (SSSR count). The highest BCUT2D eigenvalue weighted by molar-refractivity contribution is 7.89. The van der Waals surface area contributed by atoms with Gasteiger partial charge in [0.1, 0.15) is 11.2 Å². The average molecular weight is 635 g/mol. The Bertz CT molecular complexity index is 1700. The van der Waals surface area contributed by atoms with Gasteiger partial charge in [-0.25, -0.2) is 17.2 Å². The normalized spacial score (nSPS) is 21.3. The molecule has 3 aliphatic rings. The van der Waals surface area contributed by atoms with Crippen molar-refractivity contribution < 1.29 is 26.7 Å². The fraction of sp³-hybridized carbons (Fsp3) is 0.593. The fourth-order valence-corrected chi connectivity index (χ4v) is 8.14. The van der Waals surface area contributed by atoms with Crippen molar-refractivity contribution in [3.05, 3.63) is 17.1 Å². The van der Waals surface area contributed by atoms with Crippen LogP contribution in [0.25, 0.3) is 21.6 Å². The maximum Gasteiger partial charge on any atom is 0.291 e. The van der Waals surface area contributed by atoms with Crippen LogP contribution >= 0.6 is 11.3 Å². The fourth-order valence-electron chi connectivity index (χ4n) is 6.02. The van der Waals surface area contributed by atoms with E-state index < -0.39 is 27.0 Å². The molecule has 4 heterocycles. The van der Waals surface area contributed by atoms with E-state index >= 15 is 0 Å². The van der Waals surface area contributed by atoms with E-state index in [4.69, 9.17) is 9.84 Å². The zero-order valence-electron chi connectivity index (χ0n) is 24.0. The number of carbonyl (C=O) groups is 1. The van der Waals surface area contributed by atoms with E-state index in [1.165, 1.54) is 6.07 Å². The summed E-state index contributed by atoms with van der Waals surface area (Å²) in [5, 5.41) is 21.9. The molecular weight excluding hydrogens is 602 g/mol. The third-order valence-electron chi connectivity index (χ3n) is 8.31. The minimum Gasteiger partial charge on any atom is -0.383 e. The van der Waals surface area contributed by atoms with Crippen LogP contribution in [0, 0.1) is 17.2 Å². The first-order valence-corrected chi connectivity index (χ1v) is 16.4. The summed E-state index contributed by atoms with van der Waals surface area (Å²) in [6.45, 7) is 5.35. The lowest BCUT2D eigenvalue weighted by Gasteiger charge is -2.43. The number of aromatic nitrogens is 4. The molecule has 2 unspecified atom stereocenters. The van der Waals surface area contributed by atoms with Gasteiger partial charge in [0.2, 0.25) is 15.9 Å². The van der Waals surface area contributed by atoms with Crippen LogP contribution in [0.15, 0.2) is 17.0 Å². The van der Waals surface area contributed by atoms with Crippen LogP contribution < -0.4 is 9.62 Å². The number of piperazine rings is 1. The number of benzene rings is 1. The molecular formula is C27H32F2N8O4S2. The van der Waals surface area contributed by atoms with Crippen LogP contribution in [-0.2, 0) is 26.1 Å². The predicted molar refractivity (Wildman–Crippen MR) is 154 cm³/mol. The molecule has 1 amide bonds. The largest absolute Gasteiger partial charge is 0.383 e. The first-order valence-electron chi connectivity index (χ1n) is 14.1. The number of nitrogens with one attached hydrogen (secondary N) is 1. The minimum absolute atomic E-state index is 0.0398. The SMILES string of the molecule is COCCn1nc(-c2nnc(C(F)F)s2)c2cc(S(=O)(=O)NC3(C#N)CC3)cc(N3CC4CCC(C3)N4C(=O)C(C)C)c21. The number of carbonyl (C=O) groups excluding carboxylic acids is 1. The van der Waals surface area contributed by atoms with Crippen molar-refractivity contribution in [1.29, 1.82) is 5.26 Å². The van der Waals surface area contributed by atoms with Crippen LogP contribution in [0.2, 0.25) is 0 Å². The number of hydrogen-bond acceptors (Lipinski definition) is 10. The van der Waals surface area contributed by atoms with Crippen LogP contribution in [0.4, 0.5) is 14.5 Å². The van der Waals surface area contributed by atoms with Crippen LogP contribution in [-0.4, -0.2) is 83.6 Å². The van der Waals surface area contributed by atoms with Crippen molar-refractivity contribution in [1.82, 2.24) is 29.6 Å². The van der Waals surface area contributed by atoms with Crippen molar-refractivity contribution in [3.63, 3.8) is 0 Å². The Labute approximate surface area is 251 Å². The number of methoxy groups -OCH3 is 1. The first kappa shape index (κ1) is 29.8. The smallest absolute Gasteiger partial charge is 0.291 e. The number of nitrogens with zero attached hydrogens (tertiary/aromatic N) is 7. The number of fused-ring (bicyclic) bond motifs is 3. The van der Waals surface area contributed by atoms with Crippen molar-refractivity contribution in [2.45, 2.75) is 75.0 Å². The molecule has 230 valence electrons. The van der Waals surface area contributed by atoms with Crippen LogP contribution in [0.5, 0.6) is 0 Å². The number of hydrogen-bond donors (Lipinski definition) is 1. The average Bonchev–Trinajstić information content (AvgIpc) is 3.27. The number of ether oxygens (including phenoxy) is 1. The van der Waals surface area contributed by atoms with E-state index in [2.05, 4.69) is 25.9 Å². The molecule has 12 nitrogen and oxygen atoms in total. The third kappa shape index (κ3) is 5.36. The van der Waals surface area contributed by atoms with Gasteiger partial charge in [-0.1, -0.05) is 25.2 Å². The van der Waals surface area contributed by atoms with Gasteiger partial charge in [-0.2, -0.15) is 15.1 Å². The van der Waals surface area contributed by atoms with Crippen molar-refractivity contribution in [2.75, 3.05) is 31.7 Å². The lowest BCUT2D eigenvalue weighted by molar-refractivity contribution is -0.137. The molecule has 16 heteroatoms. The zero-order chi connectivity index (χ0) is 30.7. The Morgan fingerprint density at radius 3 is 2.49 bits per heavy atom. The highest BCUT2D eigenvalue weighted by Crippen LogP contribution is 2.42. The predicted octanol–water partition coefficient (Wildman–Crippen LogP) is 3.31. The summed E-state index contributed by atoms with van der Waals surface area (Å²) in [7, 11) is -2.61. The van der Waals surface area contributed by atoms with Crippen molar-refractivity contribution in [2.24, 2.45) is 5.92 Å². The Morgan fingerprint density at radius 1 is 1.23 bits per heavy atom. The molecule has 0 radical (unpaired) electrons. The number of halogens is 2. The number of amides is 1. The number of sulfonamides is 1. The second-order valence-electron chi connectivity index (χ2n) is 11.6. The van der Waals surface area contributed by atoms with Crippen LogP contribution in [0.1, 0.15) is 51.0 Å². The maximum atomic E-state index is 13.7. The third-order valence-corrected chi connectivity index (χ3v) is 10.8. The molecule has 2 atom stereocenters. The molecule has 3 aromatic rings. The number of rotatable bonds is 10. The molecule has 1 aliphatic carbocycles. The molecule has 2 bridgehead atoms. The van der Waals surface area contributed by atoms with E-state index in [9.17, 15) is 27.3 Å². The maximum absolute atomic E-state index is 13.7. The van der Waals surface area contributed by atoms with E-state index in [0.717, 1.165) is 12.8 Å². The lowest BCUT2D eigenvalue weighted by atomic mass is 10.1. The summed E-state index contributed by atoms with van der Waals surface area (Å²) in [6.07, 6.45) is -0.321. The van der Waals surface area contributed by atoms with E-state index in [1.807, 2.05) is 18.7 Å². The lowest BCUT2D eigenvalue weighted by Crippen LogP contribution is -2.57. The first-order chi connectivity index (χ1) is 20.5. The van der Waals surface area contributed by atoms with Gasteiger partial charge in [0, 0.05) is 43.6 Å². The van der Waals surface area contributed by atoms with Gasteiger partial charge >= 0.3 is 0 Å². The van der Waals surface area contributed by atoms with Gasteiger partial charge in [0.05, 0.1) is 35.3 Å². The van der Waals surface area contributed by atoms with Gasteiger partial charge < -0.3 is 14.5 Å². The Kier molecular flexibility index (Phi) is 7.64. The molecule has 0 spiro atoms. The van der Waals surface area contributed by atoms with E-state index in [-0.39, 0.29) is 39.5 Å². The van der Waals surface area contributed by atoms with Gasteiger partial charge in [-0.3, -0.25) is 9.48 Å². The van der Waals surface area contributed by atoms with E-state index in [0.29, 0.717) is 67.0 Å². The molecule has 2 saturated heterocycles. The number of anilines is 1. The molecule has 2 aromatic heterocycles. The zero-order valence-corrected chi connectivity index (χ0v) is 25.6. The minimum atomic E-state index is -4.16. The molecule has 2 aliphatic heterocycles. The summed E-state index contributed by atoms with van der Waals surface area (Å²) < 4.78 is 63.8. The quantitative estimate of drug-likeness (QED) is 0.355. The highest BCUT2D eigenvalue weighted by atomic mass is 32.2. The summed E-state index contributed by atoms with van der Waals surface area (Å²) in [5.41, 5.74) is 0.269. The Balaban J connectivity index is 1.52. The van der Waals surface area contributed by atoms with Gasteiger partial charge in [-0.15, -0.1) is 10.2 Å². The standard InChI is InChI=1S/C27H32F2N8O4S2/c1-15(2)26(38)37-16-4-5-17(37)13-35(12-16)20-11-18(43(39,40)34-27(14-30)6-7-27)10-19-21(24-31-32-25(42-24)23(28)29)33-36(22(19)20)8-9-41-3/h10-11,15-17,23,34H,4-9,12-13H2,1-3H3. The second kappa shape index (κ2) is 11.0. The van der Waals surface area contributed by atoms with Crippen molar-refractivity contribution in [3.8, 4) is 16.8 Å². The molecule has 43 heavy (non-hydrogen) atoms. The van der Waals surface area contributed by atoms with Gasteiger partial charge in [-0.05, 0) is 37.8 Å². The Morgan fingerprint density at radius 2 is 1.93 bits per heavy atom. The van der Waals surface area contributed by atoms with Gasteiger partial charge in [0.25, 0.3) is 6.43 Å². The summed E-state index contributed by atoms with van der Waals surface area (Å²) in [4.78, 5) is 17.0. The summed E-state index contributed by atoms with van der Waals surface area (Å²) >= 11 is 0.696. The Hall–Kier alpha value is -3.26. The van der Waals surface area contributed by atoms with Crippen LogP contribution in [0.3, 0.4) is 0 Å². The number of nitriles is 1. The number of alkyl halides is 2. The van der Waals surface area contributed by atoms with E-state index in [1.54, 1.807) is 17.9 Å². The van der Waals surface area contributed by atoms with Gasteiger partial charge in [0.15, 0.2) is 10.0 Å². The molecule has 1 saturated carbocycles. The van der Waals surface area contributed by atoms with Crippen molar-refractivity contribution >= 4 is 43.9 Å². The topological polar surface area (TPSA) is 146 Å².